The maximum atomic E-state index is 12.0. The van der Waals surface area contributed by atoms with Gasteiger partial charge in [0.05, 0.1) is 0 Å². The average molecular weight is 225 g/mol. The molecule has 15 heavy (non-hydrogen) atoms. The summed E-state index contributed by atoms with van der Waals surface area (Å²) in [6.45, 7) is 4.77. The van der Waals surface area contributed by atoms with Crippen molar-refractivity contribution in [1.82, 2.24) is 5.32 Å². The minimum Gasteiger partial charge on any atom is -0.314 e. The summed E-state index contributed by atoms with van der Waals surface area (Å²) in [6.07, 6.45) is -0.383. The summed E-state index contributed by atoms with van der Waals surface area (Å²) < 4.78 is 36.1. The Hall–Kier alpha value is -0.250. The molecule has 0 radical (unpaired) electrons. The van der Waals surface area contributed by atoms with E-state index in [9.17, 15) is 13.2 Å². The van der Waals surface area contributed by atoms with E-state index in [1.54, 1.807) is 0 Å². The van der Waals surface area contributed by atoms with E-state index in [1.165, 1.54) is 0 Å². The van der Waals surface area contributed by atoms with E-state index in [-0.39, 0.29) is 12.5 Å². The van der Waals surface area contributed by atoms with Crippen molar-refractivity contribution in [2.24, 2.45) is 0 Å². The third kappa shape index (κ3) is 10.0. The Labute approximate surface area is 90.4 Å². The lowest BCUT2D eigenvalue weighted by atomic mass is 10.0. The van der Waals surface area contributed by atoms with Crippen LogP contribution in [0.1, 0.15) is 52.4 Å². The molecule has 92 valence electrons. The molecule has 0 aromatic heterocycles. The number of hydrogen-bond donors (Lipinski definition) is 1. The van der Waals surface area contributed by atoms with Gasteiger partial charge in [0.2, 0.25) is 0 Å². The quantitative estimate of drug-likeness (QED) is 0.618. The molecule has 0 aromatic carbocycles. The second-order valence-electron chi connectivity index (χ2n) is 3.90. The predicted molar refractivity (Wildman–Crippen MR) is 56.9 cm³/mol. The molecule has 0 fully saturated rings. The highest BCUT2D eigenvalue weighted by molar-refractivity contribution is 4.68. The minimum atomic E-state index is -4.02. The van der Waals surface area contributed by atoms with Crippen LogP contribution in [-0.4, -0.2) is 18.8 Å². The Kier molecular flexibility index (Phi) is 7.83. The molecule has 0 amide bonds. The standard InChI is InChI=1S/C11H22F3N/c1-3-5-6-7-10(15-4-2)8-9-11(12,13)14/h10,15H,3-9H2,1-2H3. The predicted octanol–water partition coefficient (Wildman–Crippen LogP) is 3.89. The summed E-state index contributed by atoms with van der Waals surface area (Å²) in [4.78, 5) is 0. The molecule has 0 bridgehead atoms. The van der Waals surface area contributed by atoms with Gasteiger partial charge in [0.15, 0.2) is 0 Å². The van der Waals surface area contributed by atoms with Crippen LogP contribution in [0.5, 0.6) is 0 Å². The van der Waals surface area contributed by atoms with Crippen molar-refractivity contribution in [1.29, 1.82) is 0 Å². The van der Waals surface area contributed by atoms with Crippen molar-refractivity contribution in [3.63, 3.8) is 0 Å². The summed E-state index contributed by atoms with van der Waals surface area (Å²) in [5.41, 5.74) is 0. The molecule has 0 rings (SSSR count). The Morgan fingerprint density at radius 3 is 2.20 bits per heavy atom. The molecule has 0 aliphatic heterocycles. The summed E-state index contributed by atoms with van der Waals surface area (Å²) in [7, 11) is 0. The zero-order chi connectivity index (χ0) is 11.7. The van der Waals surface area contributed by atoms with Crippen LogP contribution >= 0.6 is 0 Å². The molecule has 1 nitrogen and oxygen atoms in total. The molecule has 0 saturated heterocycles. The smallest absolute Gasteiger partial charge is 0.314 e. The van der Waals surface area contributed by atoms with E-state index in [4.69, 9.17) is 0 Å². The molecule has 1 atom stereocenters. The van der Waals surface area contributed by atoms with Gasteiger partial charge in [-0.15, -0.1) is 0 Å². The van der Waals surface area contributed by atoms with Gasteiger partial charge in [-0.2, -0.15) is 13.2 Å². The normalized spacial score (nSPS) is 14.2. The molecule has 0 saturated carbocycles. The van der Waals surface area contributed by atoms with Crippen LogP contribution in [-0.2, 0) is 0 Å². The largest absolute Gasteiger partial charge is 0.389 e. The molecular weight excluding hydrogens is 203 g/mol. The molecule has 0 aliphatic rings. The molecular formula is C11H22F3N. The fourth-order valence-corrected chi connectivity index (χ4v) is 1.62. The van der Waals surface area contributed by atoms with Gasteiger partial charge in [-0.25, -0.2) is 0 Å². The highest BCUT2D eigenvalue weighted by Gasteiger charge is 2.27. The number of rotatable bonds is 8. The lowest BCUT2D eigenvalue weighted by Crippen LogP contribution is -2.30. The van der Waals surface area contributed by atoms with E-state index in [0.29, 0.717) is 0 Å². The highest BCUT2D eigenvalue weighted by Crippen LogP contribution is 2.23. The molecule has 0 aromatic rings. The van der Waals surface area contributed by atoms with Crippen molar-refractivity contribution in [2.75, 3.05) is 6.54 Å². The van der Waals surface area contributed by atoms with Crippen LogP contribution in [0.2, 0.25) is 0 Å². The molecule has 1 N–H and O–H groups in total. The Morgan fingerprint density at radius 2 is 1.73 bits per heavy atom. The third-order valence-electron chi connectivity index (χ3n) is 2.43. The SMILES string of the molecule is CCCCCC(CCC(F)(F)F)NCC. The summed E-state index contributed by atoms with van der Waals surface area (Å²) in [5.74, 6) is 0. The third-order valence-corrected chi connectivity index (χ3v) is 2.43. The minimum absolute atomic E-state index is 0.0307. The van der Waals surface area contributed by atoms with E-state index >= 15 is 0 Å². The van der Waals surface area contributed by atoms with Crippen molar-refractivity contribution in [2.45, 2.75) is 64.6 Å². The van der Waals surface area contributed by atoms with Crippen molar-refractivity contribution < 1.29 is 13.2 Å². The van der Waals surface area contributed by atoms with Crippen LogP contribution in [0.15, 0.2) is 0 Å². The van der Waals surface area contributed by atoms with E-state index < -0.39 is 12.6 Å². The van der Waals surface area contributed by atoms with Crippen molar-refractivity contribution in [3.8, 4) is 0 Å². The molecule has 4 heteroatoms. The van der Waals surface area contributed by atoms with Crippen LogP contribution < -0.4 is 5.32 Å². The Morgan fingerprint density at radius 1 is 1.07 bits per heavy atom. The lowest BCUT2D eigenvalue weighted by Gasteiger charge is -2.18. The topological polar surface area (TPSA) is 12.0 Å². The summed E-state index contributed by atoms with van der Waals surface area (Å²) >= 11 is 0. The zero-order valence-corrected chi connectivity index (χ0v) is 9.66. The second kappa shape index (κ2) is 7.97. The molecule has 0 aliphatic carbocycles. The number of nitrogens with one attached hydrogen (secondary N) is 1. The van der Waals surface area contributed by atoms with Gasteiger partial charge in [-0.3, -0.25) is 0 Å². The fourth-order valence-electron chi connectivity index (χ4n) is 1.62. The number of hydrogen-bond acceptors (Lipinski definition) is 1. The van der Waals surface area contributed by atoms with Gasteiger partial charge in [0, 0.05) is 12.5 Å². The first-order chi connectivity index (χ1) is 6.99. The number of alkyl halides is 3. The number of unbranched alkanes of at least 4 members (excludes halogenated alkanes) is 2. The molecule has 0 heterocycles. The Bertz CT molecular complexity index is 145. The fraction of sp³-hybridized carbons (Fsp3) is 1.00. The van der Waals surface area contributed by atoms with E-state index in [0.717, 1.165) is 32.2 Å². The Balaban J connectivity index is 3.72. The van der Waals surface area contributed by atoms with Crippen LogP contribution in [0, 0.1) is 0 Å². The zero-order valence-electron chi connectivity index (χ0n) is 9.66. The van der Waals surface area contributed by atoms with Crippen LogP contribution in [0.4, 0.5) is 13.2 Å². The monoisotopic (exact) mass is 225 g/mol. The van der Waals surface area contributed by atoms with Gasteiger partial charge in [0.1, 0.15) is 0 Å². The van der Waals surface area contributed by atoms with Crippen molar-refractivity contribution >= 4 is 0 Å². The van der Waals surface area contributed by atoms with E-state index in [1.807, 2.05) is 6.92 Å². The first-order valence-electron chi connectivity index (χ1n) is 5.79. The van der Waals surface area contributed by atoms with Gasteiger partial charge in [-0.1, -0.05) is 33.1 Å². The van der Waals surface area contributed by atoms with Crippen LogP contribution in [0.3, 0.4) is 0 Å². The maximum Gasteiger partial charge on any atom is 0.389 e. The molecule has 1 unspecified atom stereocenters. The van der Waals surface area contributed by atoms with Crippen molar-refractivity contribution in [3.05, 3.63) is 0 Å². The lowest BCUT2D eigenvalue weighted by molar-refractivity contribution is -0.136. The average Bonchev–Trinajstić information content (AvgIpc) is 2.13. The van der Waals surface area contributed by atoms with Gasteiger partial charge in [0.25, 0.3) is 0 Å². The van der Waals surface area contributed by atoms with Gasteiger partial charge in [-0.05, 0) is 19.4 Å². The number of halogens is 3. The summed E-state index contributed by atoms with van der Waals surface area (Å²) in [5, 5.41) is 3.11. The first-order valence-corrected chi connectivity index (χ1v) is 5.79. The first kappa shape index (κ1) is 14.8. The highest BCUT2D eigenvalue weighted by atomic mass is 19.4. The maximum absolute atomic E-state index is 12.0. The second-order valence-corrected chi connectivity index (χ2v) is 3.90. The molecule has 0 spiro atoms. The summed E-state index contributed by atoms with van der Waals surface area (Å²) in [6, 6.07) is 0.0307. The van der Waals surface area contributed by atoms with Crippen LogP contribution in [0.25, 0.3) is 0 Å². The van der Waals surface area contributed by atoms with Gasteiger partial charge >= 0.3 is 6.18 Å². The van der Waals surface area contributed by atoms with E-state index in [2.05, 4.69) is 12.2 Å². The van der Waals surface area contributed by atoms with Gasteiger partial charge < -0.3 is 5.32 Å².